The minimum atomic E-state index is 0.0170. The van der Waals surface area contributed by atoms with Crippen LogP contribution in [0.4, 0.5) is 0 Å². The highest BCUT2D eigenvalue weighted by Gasteiger charge is 2.35. The van der Waals surface area contributed by atoms with Crippen LogP contribution in [0.5, 0.6) is 0 Å². The highest BCUT2D eigenvalue weighted by Crippen LogP contribution is 2.27. The zero-order valence-electron chi connectivity index (χ0n) is 10.6. The smallest absolute Gasteiger partial charge is 0.0656 e. The molecule has 2 N–H and O–H groups in total. The van der Waals surface area contributed by atoms with Crippen LogP contribution in [-0.4, -0.2) is 43.8 Å². The van der Waals surface area contributed by atoms with Crippen molar-refractivity contribution < 1.29 is 4.74 Å². The summed E-state index contributed by atoms with van der Waals surface area (Å²) in [4.78, 5) is 2.50. The first-order valence-electron chi connectivity index (χ1n) is 5.97. The van der Waals surface area contributed by atoms with Crippen molar-refractivity contribution >= 4 is 0 Å². The van der Waals surface area contributed by atoms with E-state index in [1.165, 1.54) is 6.42 Å². The zero-order chi connectivity index (χ0) is 11.5. The van der Waals surface area contributed by atoms with Crippen LogP contribution in [0.15, 0.2) is 0 Å². The Morgan fingerprint density at radius 2 is 2.07 bits per heavy atom. The van der Waals surface area contributed by atoms with E-state index in [1.54, 1.807) is 7.11 Å². The van der Waals surface area contributed by atoms with Gasteiger partial charge in [0.15, 0.2) is 0 Å². The number of hydrogen-bond donors (Lipinski definition) is 1. The summed E-state index contributed by atoms with van der Waals surface area (Å²) in [5.41, 5.74) is 5.90. The van der Waals surface area contributed by atoms with Gasteiger partial charge in [-0.15, -0.1) is 0 Å². The fourth-order valence-electron chi connectivity index (χ4n) is 2.34. The Morgan fingerprint density at radius 3 is 2.53 bits per heavy atom. The number of hydrogen-bond acceptors (Lipinski definition) is 3. The molecular formula is C12H26N2O. The van der Waals surface area contributed by atoms with Crippen molar-refractivity contribution in [1.82, 2.24) is 4.90 Å². The van der Waals surface area contributed by atoms with E-state index in [9.17, 15) is 0 Å². The second kappa shape index (κ2) is 5.28. The molecule has 0 aromatic carbocycles. The molecule has 1 heterocycles. The van der Waals surface area contributed by atoms with Crippen LogP contribution in [0.3, 0.4) is 0 Å². The lowest BCUT2D eigenvalue weighted by Crippen LogP contribution is -2.58. The lowest BCUT2D eigenvalue weighted by atomic mass is 9.85. The number of likely N-dealkylation sites (tertiary alicyclic amines) is 1. The van der Waals surface area contributed by atoms with E-state index in [0.717, 1.165) is 31.5 Å². The predicted molar refractivity (Wildman–Crippen MR) is 63.9 cm³/mol. The molecule has 3 unspecified atom stereocenters. The van der Waals surface area contributed by atoms with Gasteiger partial charge in [-0.05, 0) is 31.7 Å². The number of nitrogens with two attached hydrogens (primary N) is 1. The minimum absolute atomic E-state index is 0.0170. The number of methoxy groups -OCH3 is 1. The Morgan fingerprint density at radius 1 is 1.40 bits per heavy atom. The largest absolute Gasteiger partial charge is 0.383 e. The third-order valence-corrected chi connectivity index (χ3v) is 3.99. The summed E-state index contributed by atoms with van der Waals surface area (Å²) in [6.45, 7) is 10.6. The van der Waals surface area contributed by atoms with Crippen molar-refractivity contribution in [3.8, 4) is 0 Å². The Kier molecular flexibility index (Phi) is 4.56. The SMILES string of the molecule is COCC(C)(CN)N1CCC(C)C(C)C1. The maximum absolute atomic E-state index is 5.88. The second-order valence-corrected chi connectivity index (χ2v) is 5.32. The van der Waals surface area contributed by atoms with Crippen LogP contribution in [-0.2, 0) is 4.74 Å². The minimum Gasteiger partial charge on any atom is -0.383 e. The van der Waals surface area contributed by atoms with Crippen LogP contribution in [0.25, 0.3) is 0 Å². The maximum atomic E-state index is 5.88. The zero-order valence-corrected chi connectivity index (χ0v) is 10.6. The predicted octanol–water partition coefficient (Wildman–Crippen LogP) is 1.33. The lowest BCUT2D eigenvalue weighted by molar-refractivity contribution is -0.00816. The average molecular weight is 214 g/mol. The molecule has 0 saturated carbocycles. The molecule has 0 bridgehead atoms. The molecule has 1 aliphatic heterocycles. The van der Waals surface area contributed by atoms with Crippen LogP contribution in [0.2, 0.25) is 0 Å². The summed E-state index contributed by atoms with van der Waals surface area (Å²) in [7, 11) is 1.75. The molecule has 0 aromatic rings. The van der Waals surface area contributed by atoms with Crippen molar-refractivity contribution in [3.05, 3.63) is 0 Å². The summed E-state index contributed by atoms with van der Waals surface area (Å²) in [5.74, 6) is 1.60. The van der Waals surface area contributed by atoms with Crippen molar-refractivity contribution in [3.63, 3.8) is 0 Å². The first-order chi connectivity index (χ1) is 7.03. The van der Waals surface area contributed by atoms with E-state index in [4.69, 9.17) is 10.5 Å². The summed E-state index contributed by atoms with van der Waals surface area (Å²) >= 11 is 0. The maximum Gasteiger partial charge on any atom is 0.0656 e. The normalized spacial score (nSPS) is 32.6. The van der Waals surface area contributed by atoms with E-state index < -0.39 is 0 Å². The van der Waals surface area contributed by atoms with Crippen molar-refractivity contribution in [2.24, 2.45) is 17.6 Å². The fraction of sp³-hybridized carbons (Fsp3) is 1.00. The van der Waals surface area contributed by atoms with Crippen molar-refractivity contribution in [2.45, 2.75) is 32.7 Å². The van der Waals surface area contributed by atoms with Gasteiger partial charge < -0.3 is 10.5 Å². The molecule has 0 aliphatic carbocycles. The number of rotatable bonds is 4. The molecular weight excluding hydrogens is 188 g/mol. The molecule has 1 aliphatic rings. The molecule has 1 fully saturated rings. The first-order valence-corrected chi connectivity index (χ1v) is 5.97. The van der Waals surface area contributed by atoms with Gasteiger partial charge in [0.2, 0.25) is 0 Å². The molecule has 0 aromatic heterocycles. The van der Waals surface area contributed by atoms with Crippen LogP contribution in [0.1, 0.15) is 27.2 Å². The van der Waals surface area contributed by atoms with E-state index in [-0.39, 0.29) is 5.54 Å². The number of piperidine rings is 1. The van der Waals surface area contributed by atoms with Crippen LogP contribution in [0, 0.1) is 11.8 Å². The van der Waals surface area contributed by atoms with Crippen molar-refractivity contribution in [2.75, 3.05) is 33.4 Å². The average Bonchev–Trinajstić information content (AvgIpc) is 2.22. The fourth-order valence-corrected chi connectivity index (χ4v) is 2.34. The van der Waals surface area contributed by atoms with Gasteiger partial charge in [0.1, 0.15) is 0 Å². The standard InChI is InChI=1S/C12H26N2O/c1-10-5-6-14(7-11(10)2)12(3,8-13)9-15-4/h10-11H,5-9,13H2,1-4H3. The van der Waals surface area contributed by atoms with Crippen LogP contribution >= 0.6 is 0 Å². The molecule has 3 atom stereocenters. The molecule has 0 radical (unpaired) electrons. The van der Waals surface area contributed by atoms with Gasteiger partial charge in [-0.2, -0.15) is 0 Å². The Hall–Kier alpha value is -0.120. The Labute approximate surface area is 94.0 Å². The number of ether oxygens (including phenoxy) is 1. The lowest BCUT2D eigenvalue weighted by Gasteiger charge is -2.46. The molecule has 1 saturated heterocycles. The van der Waals surface area contributed by atoms with E-state index >= 15 is 0 Å². The molecule has 15 heavy (non-hydrogen) atoms. The molecule has 0 amide bonds. The van der Waals surface area contributed by atoms with Gasteiger partial charge in [0, 0.05) is 20.2 Å². The van der Waals surface area contributed by atoms with Gasteiger partial charge in [-0.3, -0.25) is 4.90 Å². The summed E-state index contributed by atoms with van der Waals surface area (Å²) in [6, 6.07) is 0. The van der Waals surface area contributed by atoms with Gasteiger partial charge >= 0.3 is 0 Å². The highest BCUT2D eigenvalue weighted by molar-refractivity contribution is 4.91. The summed E-state index contributed by atoms with van der Waals surface area (Å²) < 4.78 is 5.29. The second-order valence-electron chi connectivity index (χ2n) is 5.32. The first kappa shape index (κ1) is 12.9. The van der Waals surface area contributed by atoms with Crippen LogP contribution < -0.4 is 5.73 Å². The van der Waals surface area contributed by atoms with Gasteiger partial charge in [0.25, 0.3) is 0 Å². The van der Waals surface area contributed by atoms with E-state index in [1.807, 2.05) is 0 Å². The monoisotopic (exact) mass is 214 g/mol. The van der Waals surface area contributed by atoms with Gasteiger partial charge in [-0.25, -0.2) is 0 Å². The summed E-state index contributed by atoms with van der Waals surface area (Å²) in [5, 5.41) is 0. The Bertz CT molecular complexity index is 198. The number of nitrogens with zero attached hydrogens (tertiary/aromatic N) is 1. The molecule has 1 rings (SSSR count). The molecule has 3 nitrogen and oxygen atoms in total. The third-order valence-electron chi connectivity index (χ3n) is 3.99. The van der Waals surface area contributed by atoms with Crippen molar-refractivity contribution in [1.29, 1.82) is 0 Å². The molecule has 0 spiro atoms. The van der Waals surface area contributed by atoms with Gasteiger partial charge in [0.05, 0.1) is 12.1 Å². The van der Waals surface area contributed by atoms with E-state index in [2.05, 4.69) is 25.7 Å². The Balaban J connectivity index is 2.61. The quantitative estimate of drug-likeness (QED) is 0.767. The topological polar surface area (TPSA) is 38.5 Å². The molecule has 90 valence electrons. The van der Waals surface area contributed by atoms with Gasteiger partial charge in [-0.1, -0.05) is 13.8 Å². The molecule has 3 heteroatoms. The highest BCUT2D eigenvalue weighted by atomic mass is 16.5. The third kappa shape index (κ3) is 2.92. The summed E-state index contributed by atoms with van der Waals surface area (Å²) in [6.07, 6.45) is 1.28. The van der Waals surface area contributed by atoms with E-state index in [0.29, 0.717) is 6.54 Å².